The van der Waals surface area contributed by atoms with Crippen LogP contribution in [0, 0.1) is 0 Å². The molecule has 3 nitrogen and oxygen atoms in total. The minimum Gasteiger partial charge on any atom is -0.550 e. The molecule has 1 heterocycles. The summed E-state index contributed by atoms with van der Waals surface area (Å²) in [4.78, 5) is 8.89. The predicted molar refractivity (Wildman–Crippen MR) is 92.4 cm³/mol. The lowest BCUT2D eigenvalue weighted by molar-refractivity contribution is -0.520. The molecule has 0 bridgehead atoms. The van der Waals surface area contributed by atoms with Crippen molar-refractivity contribution in [3.8, 4) is 0 Å². The highest BCUT2D eigenvalue weighted by Crippen LogP contribution is 2.11. The number of carbonyl (C=O) groups excluding carboxylic acids is 1. The molecule has 0 saturated heterocycles. The van der Waals surface area contributed by atoms with Gasteiger partial charge in [0.05, 0.1) is 0 Å². The van der Waals surface area contributed by atoms with Crippen LogP contribution in [0.3, 0.4) is 0 Å². The van der Waals surface area contributed by atoms with Gasteiger partial charge in [-0.2, -0.15) is 0 Å². The van der Waals surface area contributed by atoms with Gasteiger partial charge in [0, 0.05) is 32.2 Å². The molecule has 0 N–H and O–H groups in total. The lowest BCUT2D eigenvalue weighted by atomic mass is 10.1. The number of aliphatic carboxylic acids is 1. The van der Waals surface area contributed by atoms with E-state index >= 15 is 0 Å². The molecule has 0 spiro atoms. The summed E-state index contributed by atoms with van der Waals surface area (Å²) in [6.07, 6.45) is 17.2. The smallest absolute Gasteiger partial charge is 0.149 e. The zero-order valence-electron chi connectivity index (χ0n) is 15.2. The van der Waals surface area contributed by atoms with Gasteiger partial charge in [-0.05, 0) is 13.3 Å². The summed E-state index contributed by atoms with van der Waals surface area (Å²) >= 11 is 0. The van der Waals surface area contributed by atoms with E-state index in [1.54, 1.807) is 5.71 Å². The van der Waals surface area contributed by atoms with Gasteiger partial charge < -0.3 is 9.90 Å². The fourth-order valence-corrected chi connectivity index (χ4v) is 2.97. The number of rotatable bonds is 11. The summed E-state index contributed by atoms with van der Waals surface area (Å²) in [5.74, 6) is -1.08. The van der Waals surface area contributed by atoms with Crippen molar-refractivity contribution in [1.82, 2.24) is 0 Å². The van der Waals surface area contributed by atoms with Crippen LogP contribution < -0.4 is 5.11 Å². The second kappa shape index (κ2) is 15.1. The molecule has 3 heteroatoms. The molecule has 0 aromatic carbocycles. The fourth-order valence-electron chi connectivity index (χ4n) is 2.97. The Morgan fingerprint density at radius 2 is 1.45 bits per heavy atom. The maximum atomic E-state index is 8.89. The monoisotopic (exact) mass is 311 g/mol. The number of carboxylic acids is 1. The third-order valence-electron chi connectivity index (χ3n) is 4.29. The Morgan fingerprint density at radius 1 is 1.00 bits per heavy atom. The van der Waals surface area contributed by atoms with Crippen LogP contribution in [0.4, 0.5) is 0 Å². The van der Waals surface area contributed by atoms with Gasteiger partial charge in [0.25, 0.3) is 0 Å². The van der Waals surface area contributed by atoms with Gasteiger partial charge in [0.1, 0.15) is 18.8 Å². The maximum Gasteiger partial charge on any atom is 0.149 e. The average molecular weight is 312 g/mol. The highest BCUT2D eigenvalue weighted by atomic mass is 16.4. The molecule has 1 rings (SSSR count). The SMILES string of the molecule is CC(=O)[O-].CCCCCCCCCCCC[N+]1=C(C)CCC1. The number of hydrogen-bond donors (Lipinski definition) is 0. The predicted octanol–water partition coefficient (Wildman–Crippen LogP) is 3.93. The Kier molecular flexibility index (Phi) is 14.5. The number of carboxylic acid groups (broad SMARTS) is 1. The molecule has 0 aliphatic carbocycles. The minimum absolute atomic E-state index is 0.972. The number of carbonyl (C=O) groups is 1. The molecule has 0 amide bonds. The van der Waals surface area contributed by atoms with Crippen LogP contribution in [0.1, 0.15) is 97.8 Å². The summed E-state index contributed by atoms with van der Waals surface area (Å²) in [5, 5.41) is 8.89. The summed E-state index contributed by atoms with van der Waals surface area (Å²) in [6.45, 7) is 8.22. The topological polar surface area (TPSA) is 43.1 Å². The first kappa shape index (κ1) is 21.1. The van der Waals surface area contributed by atoms with Crippen molar-refractivity contribution in [2.24, 2.45) is 0 Å². The second-order valence-electron chi connectivity index (χ2n) is 6.50. The van der Waals surface area contributed by atoms with E-state index in [0.717, 1.165) is 6.92 Å². The second-order valence-corrected chi connectivity index (χ2v) is 6.50. The molecular formula is C19H37NO2. The first-order valence-electron chi connectivity index (χ1n) is 9.32. The van der Waals surface area contributed by atoms with E-state index in [1.165, 1.54) is 90.1 Å². The number of unbranched alkanes of at least 4 members (excludes halogenated alkanes) is 9. The summed E-state index contributed by atoms with van der Waals surface area (Å²) < 4.78 is 2.60. The quantitative estimate of drug-likeness (QED) is 0.428. The van der Waals surface area contributed by atoms with Gasteiger partial charge in [-0.25, -0.2) is 4.58 Å². The Labute approximate surface area is 137 Å². The number of nitrogens with zero attached hydrogens (tertiary/aromatic N) is 1. The van der Waals surface area contributed by atoms with Crippen LogP contribution in [0.5, 0.6) is 0 Å². The first-order chi connectivity index (χ1) is 10.6. The van der Waals surface area contributed by atoms with Gasteiger partial charge in [-0.1, -0.05) is 58.3 Å². The van der Waals surface area contributed by atoms with Gasteiger partial charge >= 0.3 is 0 Å². The Balaban J connectivity index is 0.000000980. The molecule has 22 heavy (non-hydrogen) atoms. The van der Waals surface area contributed by atoms with Gasteiger partial charge in [-0.3, -0.25) is 0 Å². The molecule has 0 aromatic rings. The Bertz CT molecular complexity index is 307. The maximum absolute atomic E-state index is 8.89. The highest BCUT2D eigenvalue weighted by molar-refractivity contribution is 5.77. The van der Waals surface area contributed by atoms with Crippen molar-refractivity contribution in [1.29, 1.82) is 0 Å². The average Bonchev–Trinajstić information content (AvgIpc) is 2.86. The third kappa shape index (κ3) is 14.1. The van der Waals surface area contributed by atoms with Crippen LogP contribution in [-0.4, -0.2) is 29.3 Å². The molecule has 0 fully saturated rings. The van der Waals surface area contributed by atoms with E-state index in [2.05, 4.69) is 18.4 Å². The highest BCUT2D eigenvalue weighted by Gasteiger charge is 2.16. The van der Waals surface area contributed by atoms with Crippen molar-refractivity contribution in [2.45, 2.75) is 97.8 Å². The van der Waals surface area contributed by atoms with Gasteiger partial charge in [0.15, 0.2) is 0 Å². The third-order valence-corrected chi connectivity index (χ3v) is 4.29. The van der Waals surface area contributed by atoms with Crippen LogP contribution in [0.2, 0.25) is 0 Å². The summed E-state index contributed by atoms with van der Waals surface area (Å²) in [7, 11) is 0. The molecule has 0 aromatic heterocycles. The molecular weight excluding hydrogens is 274 g/mol. The minimum atomic E-state index is -1.08. The van der Waals surface area contributed by atoms with Crippen LogP contribution in [0.15, 0.2) is 0 Å². The summed E-state index contributed by atoms with van der Waals surface area (Å²) in [5.41, 5.74) is 1.63. The first-order valence-corrected chi connectivity index (χ1v) is 9.32. The van der Waals surface area contributed by atoms with Crippen molar-refractivity contribution < 1.29 is 14.5 Å². The van der Waals surface area contributed by atoms with Crippen LogP contribution >= 0.6 is 0 Å². The van der Waals surface area contributed by atoms with E-state index in [0.29, 0.717) is 0 Å². The zero-order chi connectivity index (χ0) is 16.6. The fraction of sp³-hybridized carbons (Fsp3) is 0.895. The van der Waals surface area contributed by atoms with E-state index in [-0.39, 0.29) is 0 Å². The van der Waals surface area contributed by atoms with Gasteiger partial charge in [-0.15, -0.1) is 0 Å². The molecule has 1 aliphatic heterocycles. The van der Waals surface area contributed by atoms with Crippen molar-refractivity contribution >= 4 is 11.7 Å². The van der Waals surface area contributed by atoms with Crippen molar-refractivity contribution in [3.05, 3.63) is 0 Å². The molecule has 0 saturated carbocycles. The molecule has 0 unspecified atom stereocenters. The standard InChI is InChI=1S/C17H34N.C2H4O2/c1-3-4-5-6-7-8-9-10-11-12-15-18-16-13-14-17(18)2;1-2(3)4/h3-16H2,1-2H3;1H3,(H,3,4)/q+1;/p-1. The molecule has 0 radical (unpaired) electrons. The Morgan fingerprint density at radius 3 is 1.86 bits per heavy atom. The van der Waals surface area contributed by atoms with Crippen LogP contribution in [0.25, 0.3) is 0 Å². The van der Waals surface area contributed by atoms with Crippen molar-refractivity contribution in [2.75, 3.05) is 13.1 Å². The van der Waals surface area contributed by atoms with E-state index in [1.807, 2.05) is 0 Å². The molecule has 0 atom stereocenters. The lowest BCUT2D eigenvalue weighted by Gasteiger charge is -2.02. The van der Waals surface area contributed by atoms with E-state index in [4.69, 9.17) is 9.90 Å². The van der Waals surface area contributed by atoms with E-state index < -0.39 is 5.97 Å². The zero-order valence-corrected chi connectivity index (χ0v) is 15.2. The lowest BCUT2D eigenvalue weighted by Crippen LogP contribution is -2.16. The summed E-state index contributed by atoms with van der Waals surface area (Å²) in [6, 6.07) is 0. The van der Waals surface area contributed by atoms with Crippen molar-refractivity contribution in [3.63, 3.8) is 0 Å². The molecule has 130 valence electrons. The normalized spacial score (nSPS) is 14.0. The number of hydrogen-bond acceptors (Lipinski definition) is 2. The Hall–Kier alpha value is -0.860. The molecule has 1 aliphatic rings. The van der Waals surface area contributed by atoms with Crippen LogP contribution in [-0.2, 0) is 4.79 Å². The van der Waals surface area contributed by atoms with Gasteiger partial charge in [0.2, 0.25) is 0 Å². The van der Waals surface area contributed by atoms with E-state index in [9.17, 15) is 0 Å². The largest absolute Gasteiger partial charge is 0.550 e.